The van der Waals surface area contributed by atoms with E-state index in [0.29, 0.717) is 29.1 Å². The van der Waals surface area contributed by atoms with E-state index in [9.17, 15) is 132 Å². The number of hydrogen-bond donors (Lipinski definition) is 7. The fourth-order valence-corrected chi connectivity index (χ4v) is 17.3. The van der Waals surface area contributed by atoms with Gasteiger partial charge in [0.1, 0.15) is 108 Å². The summed E-state index contributed by atoms with van der Waals surface area (Å²) in [6.07, 6.45) is 13.5. The molecule has 0 bridgehead atoms. The number of carboxylic acid groups (broad SMARTS) is 6. The summed E-state index contributed by atoms with van der Waals surface area (Å²) in [5, 5.41) is 54.5. The zero-order valence-electron chi connectivity index (χ0n) is 84.2. The van der Waals surface area contributed by atoms with Crippen LogP contribution in [-0.2, 0) is 32.5 Å². The predicted molar refractivity (Wildman–Crippen MR) is 528 cm³/mol. The number of carbonyl (C=O) groups is 6. The number of nitrogens with zero attached hydrogens (tertiary/aromatic N) is 10. The van der Waals surface area contributed by atoms with E-state index in [2.05, 4.69) is 19.9 Å². The molecule has 4 aromatic carbocycles. The van der Waals surface area contributed by atoms with Crippen molar-refractivity contribution in [2.75, 3.05) is 5.73 Å². The lowest BCUT2D eigenvalue weighted by Crippen LogP contribution is -2.24. The third-order valence-corrected chi connectivity index (χ3v) is 25.3. The number of halogens is 12. The monoisotopic (exact) mass is 2060 g/mol. The van der Waals surface area contributed by atoms with Gasteiger partial charge in [0, 0.05) is 117 Å². The fourth-order valence-electron chi connectivity index (χ4n) is 17.3. The van der Waals surface area contributed by atoms with Crippen molar-refractivity contribution < 1.29 is 112 Å². The summed E-state index contributed by atoms with van der Waals surface area (Å²) in [7, 11) is 0. The second kappa shape index (κ2) is 39.4. The molecule has 0 unspecified atom stereocenters. The van der Waals surface area contributed by atoms with Gasteiger partial charge in [-0.2, -0.15) is 0 Å². The van der Waals surface area contributed by atoms with Gasteiger partial charge in [-0.05, 0) is 125 Å². The average molecular weight is 2060 g/mol. The molecule has 14 aromatic rings. The standard InChI is InChI=1S/C20H17F3N2O3.C19H15F3N2O3.C18H19F2NO3.C17H18F2N2O3.C17H19FN2O3.C16H17FN2O3/c1-9-14-16(26)11(19(27)28)8-25(13-6-5-10(21)7-12(13)22)18(14)24-17(15(9)23)20(2,3)4;1-19(2,3)16-13(22)7-10-15(25)11(18(26)27)8-24(17(10)23-16)14-5-4-9(20)6-12(14)21;1-8-11-15(14(20)12(13(8)19)18(2,3)4)21(9-5-6-9)7-10(16(11)22)17(23)24;1-17(2,3)10-11(18)13(20)9-14(12(10)19)21(7-4-5-7)6-8(15(9)22)16(23)24;1-8-11-13(21)10(16(22)23)7-20(9-5-6-9)15(11)19-14(12(8)18)17(2,3)4;1-16(2,3)13-11(17)6-9-12(20)10(15(21)22)7-19(8-4-5-8)14(9)18-13/h5-8H,1-4H3,(H,27,28);4-8H,1-3H3,(H,26,27);7,9H,5-6H2,1-4H3,(H,23,24);6-7H,4-5,20H2,1-3H3,(H,23,24);7,9H,5-6H2,1-4H3,(H,22,23);6-8H,4-5H2,1-3H3,(H,21,22). The number of hydrogen-bond acceptors (Lipinski definition) is 17. The van der Waals surface area contributed by atoms with Crippen molar-refractivity contribution >= 4 is 107 Å². The van der Waals surface area contributed by atoms with Crippen LogP contribution in [-0.4, -0.2) is 114 Å². The number of benzene rings is 4. The van der Waals surface area contributed by atoms with E-state index in [1.54, 1.807) is 92.2 Å². The molecule has 4 saturated carbocycles. The van der Waals surface area contributed by atoms with Gasteiger partial charge in [0.25, 0.3) is 0 Å². The Morgan fingerprint density at radius 3 is 0.919 bits per heavy atom. The van der Waals surface area contributed by atoms with Gasteiger partial charge in [0.05, 0.1) is 83.2 Å². The molecular formula is C107H105F12N11O18. The van der Waals surface area contributed by atoms with Gasteiger partial charge in [-0.25, -0.2) is 101 Å². The zero-order chi connectivity index (χ0) is 110. The third kappa shape index (κ3) is 21.0. The van der Waals surface area contributed by atoms with E-state index in [4.69, 9.17) is 5.73 Å². The summed E-state index contributed by atoms with van der Waals surface area (Å²) >= 11 is 0. The molecular weight excluding hydrogens is 1960 g/mol. The van der Waals surface area contributed by atoms with E-state index in [-0.39, 0.29) is 141 Å². The number of aryl methyl sites for hydroxylation is 3. The van der Waals surface area contributed by atoms with Crippen LogP contribution in [0.5, 0.6) is 0 Å². The largest absolute Gasteiger partial charge is 0.477 e. The van der Waals surface area contributed by atoms with Gasteiger partial charge in [-0.3, -0.25) is 37.9 Å². The smallest absolute Gasteiger partial charge is 0.341 e. The van der Waals surface area contributed by atoms with Crippen molar-refractivity contribution in [3.8, 4) is 11.4 Å². The maximum absolute atomic E-state index is 15.2. The Labute approximate surface area is 834 Å². The van der Waals surface area contributed by atoms with Crippen LogP contribution in [0.25, 0.3) is 77.3 Å². The van der Waals surface area contributed by atoms with Crippen LogP contribution < -0.4 is 38.3 Å². The maximum Gasteiger partial charge on any atom is 0.341 e. The van der Waals surface area contributed by atoms with Gasteiger partial charge in [0.15, 0.2) is 17.5 Å². The van der Waals surface area contributed by atoms with Crippen LogP contribution in [0.4, 0.5) is 58.4 Å². The fraction of sp³-hybridized carbons (Fsp3) is 0.364. The quantitative estimate of drug-likeness (QED) is 0.0441. The Kier molecular flexibility index (Phi) is 29.2. The molecule has 41 heteroatoms. The molecule has 29 nitrogen and oxygen atoms in total. The molecule has 10 aromatic heterocycles. The van der Waals surface area contributed by atoms with Crippen molar-refractivity contribution in [2.24, 2.45) is 0 Å². The number of rotatable bonds is 12. The number of nitrogens with two attached hydrogens (primary N) is 1. The van der Waals surface area contributed by atoms with Gasteiger partial charge < -0.3 is 54.6 Å². The first-order valence-corrected chi connectivity index (χ1v) is 46.6. The number of carboxylic acids is 6. The SMILES string of the molecule is CC(C)(C)c1c(F)c(N)c2c(=O)c(C(=O)O)cn(C3CC3)c2c1F.CC(C)(C)c1nc2c(cc1F)c(=O)c(C(=O)O)cn2-c1ccc(F)cc1F.CC(C)(C)c1nc2c(cc1F)c(=O)c(C(=O)O)cn2C1CC1.Cc1c(F)c(C(C)(C)C)c(F)c2c1c(=O)c(C(=O)O)cn2C1CC1.Cc1c(F)c(C(C)(C)C)nc2c1c(=O)c(C(=O)O)cn2-c1ccc(F)cc1F.Cc1c(F)c(C(C)(C)C)nc2c1c(=O)c(C(=O)O)cn2C1CC1. The molecule has 18 rings (SSSR count). The van der Waals surface area contributed by atoms with Gasteiger partial charge in [-0.1, -0.05) is 125 Å². The molecule has 4 aliphatic carbocycles. The highest BCUT2D eigenvalue weighted by atomic mass is 19.2. The first-order chi connectivity index (χ1) is 68.4. The zero-order valence-corrected chi connectivity index (χ0v) is 84.2. The number of nitrogen functional groups attached to an aromatic ring is 1. The van der Waals surface area contributed by atoms with Crippen molar-refractivity contribution in [3.63, 3.8) is 0 Å². The Bertz CT molecular complexity index is 8310. The molecule has 4 aliphatic rings. The first-order valence-electron chi connectivity index (χ1n) is 46.6. The maximum atomic E-state index is 15.2. The van der Waals surface area contributed by atoms with Crippen LogP contribution in [0, 0.1) is 90.6 Å². The molecule has 0 amide bonds. The summed E-state index contributed by atoms with van der Waals surface area (Å²) < 4.78 is 182. The van der Waals surface area contributed by atoms with E-state index < -0.39 is 204 Å². The van der Waals surface area contributed by atoms with E-state index in [1.165, 1.54) is 48.5 Å². The minimum atomic E-state index is -1.56. The second-order valence-electron chi connectivity index (χ2n) is 43.1. The van der Waals surface area contributed by atoms with Crippen LogP contribution >= 0.6 is 0 Å². The lowest BCUT2D eigenvalue weighted by Gasteiger charge is -2.24. The summed E-state index contributed by atoms with van der Waals surface area (Å²) in [6.45, 7) is 35.6. The number of aromatic nitrogens is 10. The highest BCUT2D eigenvalue weighted by Gasteiger charge is 2.41. The molecule has 4 fully saturated rings. The van der Waals surface area contributed by atoms with E-state index >= 15 is 8.78 Å². The van der Waals surface area contributed by atoms with Gasteiger partial charge in [-0.15, -0.1) is 0 Å². The average Bonchev–Trinajstić information content (AvgIpc) is 1.67. The Morgan fingerprint density at radius 1 is 0.297 bits per heavy atom. The predicted octanol–water partition coefficient (Wildman–Crippen LogP) is 21.1. The second-order valence-corrected chi connectivity index (χ2v) is 43.1. The Balaban J connectivity index is 0.000000149. The number of fused-ring (bicyclic) bond motifs is 6. The third-order valence-electron chi connectivity index (χ3n) is 25.3. The minimum absolute atomic E-state index is 0.00109. The summed E-state index contributed by atoms with van der Waals surface area (Å²) in [4.78, 5) is 160. The Hall–Kier alpha value is -15.5. The molecule has 0 saturated heterocycles. The highest BCUT2D eigenvalue weighted by molar-refractivity contribution is 6.00. The Morgan fingerprint density at radius 2 is 0.568 bits per heavy atom. The number of anilines is 1. The van der Waals surface area contributed by atoms with Crippen molar-refractivity contribution in [1.29, 1.82) is 0 Å². The number of pyridine rings is 10. The van der Waals surface area contributed by atoms with Gasteiger partial charge >= 0.3 is 35.8 Å². The normalized spacial score (nSPS) is 13.9. The minimum Gasteiger partial charge on any atom is -0.477 e. The topological polar surface area (TPSA) is 433 Å². The van der Waals surface area contributed by atoms with Crippen LogP contribution in [0.3, 0.4) is 0 Å². The van der Waals surface area contributed by atoms with Crippen LogP contribution in [0.15, 0.2) is 114 Å². The summed E-state index contributed by atoms with van der Waals surface area (Å²) in [5.74, 6) is -18.2. The molecule has 0 spiro atoms. The molecule has 148 heavy (non-hydrogen) atoms. The molecule has 0 aliphatic heterocycles. The van der Waals surface area contributed by atoms with Crippen molar-refractivity contribution in [1.82, 2.24) is 47.3 Å². The number of aromatic carboxylic acids is 6. The molecule has 0 radical (unpaired) electrons. The van der Waals surface area contributed by atoms with Crippen molar-refractivity contribution in [3.05, 3.63) is 301 Å². The van der Waals surface area contributed by atoms with Crippen LogP contribution in [0.1, 0.15) is 313 Å². The first kappa shape index (κ1) is 110. The lowest BCUT2D eigenvalue weighted by molar-refractivity contribution is 0.0684. The van der Waals surface area contributed by atoms with Crippen molar-refractivity contribution in [2.45, 2.75) is 253 Å². The molecule has 0 atom stereocenters. The van der Waals surface area contributed by atoms with Crippen LogP contribution in [0.2, 0.25) is 0 Å². The lowest BCUT2D eigenvalue weighted by atomic mass is 9.83. The summed E-state index contributed by atoms with van der Waals surface area (Å²) in [6, 6.07) is 7.51. The molecule has 780 valence electrons. The molecule has 10 heterocycles. The highest BCUT2D eigenvalue weighted by Crippen LogP contribution is 2.46. The van der Waals surface area contributed by atoms with E-state index in [1.807, 2.05) is 41.5 Å². The van der Waals surface area contributed by atoms with E-state index in [0.717, 1.165) is 115 Å². The summed E-state index contributed by atoms with van der Waals surface area (Å²) in [5.41, 5.74) is -6.53. The van der Waals surface area contributed by atoms with Gasteiger partial charge in [0.2, 0.25) is 32.6 Å². The molecule has 8 N–H and O–H groups in total.